The van der Waals surface area contributed by atoms with Crippen LogP contribution < -0.4 is 0 Å². The van der Waals surface area contributed by atoms with Gasteiger partial charge in [-0.05, 0) is 42.4 Å². The summed E-state index contributed by atoms with van der Waals surface area (Å²) < 4.78 is 0. The molecule has 0 heteroatoms. The van der Waals surface area contributed by atoms with Crippen LogP contribution in [0, 0.1) is 29.6 Å². The fraction of sp³-hybridized carbons (Fsp3) is 1.00. The Bertz CT molecular complexity index is 171. The minimum absolute atomic E-state index is 0.891. The van der Waals surface area contributed by atoms with E-state index >= 15 is 0 Å². The summed E-state index contributed by atoms with van der Waals surface area (Å²) in [5.41, 5.74) is 0. The van der Waals surface area contributed by atoms with Crippen molar-refractivity contribution >= 4 is 0 Å². The van der Waals surface area contributed by atoms with Crippen molar-refractivity contribution in [2.24, 2.45) is 29.6 Å². The minimum Gasteiger partial charge on any atom is -0.0654 e. The van der Waals surface area contributed by atoms with Crippen molar-refractivity contribution in [3.63, 3.8) is 0 Å². The van der Waals surface area contributed by atoms with Crippen molar-refractivity contribution in [1.82, 2.24) is 0 Å². The summed E-state index contributed by atoms with van der Waals surface area (Å²) in [4.78, 5) is 0. The van der Waals surface area contributed by atoms with Crippen LogP contribution in [-0.4, -0.2) is 0 Å². The Morgan fingerprint density at radius 2 is 1.80 bits per heavy atom. The number of hydrogen-bond donors (Lipinski definition) is 0. The summed E-state index contributed by atoms with van der Waals surface area (Å²) in [6, 6.07) is 0. The van der Waals surface area contributed by atoms with Crippen molar-refractivity contribution in [3.05, 3.63) is 0 Å². The van der Waals surface area contributed by atoms with Crippen LogP contribution in [0.25, 0.3) is 0 Å². The van der Waals surface area contributed by atoms with Crippen LogP contribution in [0.4, 0.5) is 0 Å². The van der Waals surface area contributed by atoms with Gasteiger partial charge in [0.15, 0.2) is 0 Å². The third kappa shape index (κ3) is 3.23. The van der Waals surface area contributed by atoms with Crippen LogP contribution >= 0.6 is 0 Å². The maximum Gasteiger partial charge on any atom is -0.0352 e. The van der Waals surface area contributed by atoms with Crippen LogP contribution in [0.3, 0.4) is 0 Å². The molecule has 0 aromatic carbocycles. The van der Waals surface area contributed by atoms with Crippen molar-refractivity contribution in [3.8, 4) is 0 Å². The van der Waals surface area contributed by atoms with Crippen molar-refractivity contribution in [2.45, 2.75) is 66.7 Å². The van der Waals surface area contributed by atoms with Gasteiger partial charge >= 0.3 is 0 Å². The fourth-order valence-electron chi connectivity index (χ4n) is 3.32. The highest BCUT2D eigenvalue weighted by Gasteiger charge is 2.39. The molecule has 0 bridgehead atoms. The van der Waals surface area contributed by atoms with Gasteiger partial charge in [-0.3, -0.25) is 0 Å². The fourth-order valence-corrected chi connectivity index (χ4v) is 3.32. The van der Waals surface area contributed by atoms with E-state index in [1.165, 1.54) is 32.1 Å². The lowest BCUT2D eigenvalue weighted by atomic mass is 9.58. The molecule has 1 saturated carbocycles. The summed E-state index contributed by atoms with van der Waals surface area (Å²) >= 11 is 0. The van der Waals surface area contributed by atoms with Gasteiger partial charge in [0.25, 0.3) is 0 Å². The first-order chi connectivity index (χ1) is 7.07. The molecule has 4 unspecified atom stereocenters. The van der Waals surface area contributed by atoms with Gasteiger partial charge in [-0.25, -0.2) is 0 Å². The molecule has 15 heavy (non-hydrogen) atoms. The number of rotatable bonds is 6. The Morgan fingerprint density at radius 1 is 1.13 bits per heavy atom. The Hall–Kier alpha value is 0. The van der Waals surface area contributed by atoms with Gasteiger partial charge in [-0.1, -0.05) is 53.9 Å². The molecular formula is C15H30. The molecule has 0 nitrogen and oxygen atoms in total. The number of hydrogen-bond acceptors (Lipinski definition) is 0. The molecule has 1 aliphatic carbocycles. The third-order valence-electron chi connectivity index (χ3n) is 4.76. The molecule has 1 aliphatic rings. The topological polar surface area (TPSA) is 0 Å². The first-order valence-corrected chi connectivity index (χ1v) is 7.07. The van der Waals surface area contributed by atoms with Crippen LogP contribution in [0.5, 0.6) is 0 Å². The van der Waals surface area contributed by atoms with Gasteiger partial charge in [0.2, 0.25) is 0 Å². The van der Waals surface area contributed by atoms with E-state index in [-0.39, 0.29) is 0 Å². The monoisotopic (exact) mass is 210 g/mol. The van der Waals surface area contributed by atoms with Crippen LogP contribution in [0.2, 0.25) is 0 Å². The molecule has 0 radical (unpaired) electrons. The second-order valence-electron chi connectivity index (χ2n) is 6.14. The summed E-state index contributed by atoms with van der Waals surface area (Å²) in [6.07, 6.45) is 7.22. The van der Waals surface area contributed by atoms with E-state index in [2.05, 4.69) is 34.6 Å². The van der Waals surface area contributed by atoms with E-state index in [0.29, 0.717) is 0 Å². The average molecular weight is 210 g/mol. The summed E-state index contributed by atoms with van der Waals surface area (Å²) in [6.45, 7) is 12.0. The minimum atomic E-state index is 0.891. The molecule has 0 saturated heterocycles. The molecule has 90 valence electrons. The molecule has 1 rings (SSSR count). The second-order valence-corrected chi connectivity index (χ2v) is 6.14. The Kier molecular flexibility index (Phi) is 5.15. The zero-order chi connectivity index (χ0) is 11.4. The highest BCUT2D eigenvalue weighted by molar-refractivity contribution is 4.89. The van der Waals surface area contributed by atoms with Gasteiger partial charge in [0.1, 0.15) is 0 Å². The van der Waals surface area contributed by atoms with Gasteiger partial charge in [0.05, 0.1) is 0 Å². The SMILES string of the molecule is CCCCCC(C(C)C)C1CC(C)C1C. The standard InChI is InChI=1S/C15H30/c1-6-7-8-9-14(11(2)3)15-10-12(4)13(15)5/h11-15H,6-10H2,1-5H3. The molecular weight excluding hydrogens is 180 g/mol. The molecule has 1 fully saturated rings. The highest BCUT2D eigenvalue weighted by Crippen LogP contribution is 2.47. The van der Waals surface area contributed by atoms with Crippen LogP contribution in [0.15, 0.2) is 0 Å². The van der Waals surface area contributed by atoms with Gasteiger partial charge in [-0.2, -0.15) is 0 Å². The van der Waals surface area contributed by atoms with Crippen LogP contribution in [0.1, 0.15) is 66.7 Å². The maximum atomic E-state index is 2.47. The molecule has 0 spiro atoms. The average Bonchev–Trinajstić information content (AvgIpc) is 2.21. The molecule has 0 aromatic heterocycles. The molecule has 0 heterocycles. The lowest BCUT2D eigenvalue weighted by Gasteiger charge is -2.47. The molecule has 0 aromatic rings. The lowest BCUT2D eigenvalue weighted by Crippen LogP contribution is -2.39. The lowest BCUT2D eigenvalue weighted by molar-refractivity contribution is 0.0226. The molecule has 0 aliphatic heterocycles. The maximum absolute atomic E-state index is 2.47. The van der Waals surface area contributed by atoms with Gasteiger partial charge in [0, 0.05) is 0 Å². The normalized spacial score (nSPS) is 32.8. The zero-order valence-corrected chi connectivity index (χ0v) is 11.4. The van der Waals surface area contributed by atoms with E-state index in [4.69, 9.17) is 0 Å². The summed E-state index contributed by atoms with van der Waals surface area (Å²) in [7, 11) is 0. The van der Waals surface area contributed by atoms with Crippen molar-refractivity contribution < 1.29 is 0 Å². The van der Waals surface area contributed by atoms with Crippen molar-refractivity contribution in [1.29, 1.82) is 0 Å². The highest BCUT2D eigenvalue weighted by atomic mass is 14.4. The predicted octanol–water partition coefficient (Wildman–Crippen LogP) is 5.13. The zero-order valence-electron chi connectivity index (χ0n) is 11.4. The van der Waals surface area contributed by atoms with Gasteiger partial charge in [-0.15, -0.1) is 0 Å². The van der Waals surface area contributed by atoms with Gasteiger partial charge < -0.3 is 0 Å². The molecule has 4 atom stereocenters. The quantitative estimate of drug-likeness (QED) is 0.533. The van der Waals surface area contributed by atoms with E-state index in [9.17, 15) is 0 Å². The Labute approximate surface area is 96.8 Å². The van der Waals surface area contributed by atoms with E-state index in [0.717, 1.165) is 29.6 Å². The second kappa shape index (κ2) is 5.92. The third-order valence-corrected chi connectivity index (χ3v) is 4.76. The van der Waals surface area contributed by atoms with E-state index < -0.39 is 0 Å². The van der Waals surface area contributed by atoms with E-state index in [1.54, 1.807) is 0 Å². The predicted molar refractivity (Wildman–Crippen MR) is 68.9 cm³/mol. The molecule has 0 amide bonds. The largest absolute Gasteiger partial charge is 0.0654 e. The van der Waals surface area contributed by atoms with Crippen molar-refractivity contribution in [2.75, 3.05) is 0 Å². The summed E-state index contributed by atoms with van der Waals surface area (Å²) in [5.74, 6) is 4.91. The van der Waals surface area contributed by atoms with Crippen LogP contribution in [-0.2, 0) is 0 Å². The molecule has 0 N–H and O–H groups in total. The summed E-state index contributed by atoms with van der Waals surface area (Å²) in [5, 5.41) is 0. The first kappa shape index (κ1) is 13.1. The Balaban J connectivity index is 2.37. The number of unbranched alkanes of at least 4 members (excludes halogenated alkanes) is 2. The first-order valence-electron chi connectivity index (χ1n) is 7.07. The Morgan fingerprint density at radius 3 is 2.20 bits per heavy atom. The smallest absolute Gasteiger partial charge is 0.0352 e. The van der Waals surface area contributed by atoms with E-state index in [1.807, 2.05) is 0 Å².